The summed E-state index contributed by atoms with van der Waals surface area (Å²) in [4.78, 5) is 0. The number of tetrazole rings is 1. The van der Waals surface area contributed by atoms with Crippen LogP contribution in [0.3, 0.4) is 0 Å². The molecule has 0 aliphatic carbocycles. The monoisotopic (exact) mass is 249 g/mol. The Morgan fingerprint density at radius 1 is 1.28 bits per heavy atom. The van der Waals surface area contributed by atoms with Crippen LogP contribution in [0.25, 0.3) is 11.4 Å². The number of anilines is 1. The molecular formula is C12H16FN5. The van der Waals surface area contributed by atoms with Gasteiger partial charge in [0.2, 0.25) is 0 Å². The van der Waals surface area contributed by atoms with Crippen LogP contribution in [0, 0.1) is 11.7 Å². The number of halogens is 1. The minimum absolute atomic E-state index is 0.0965. The van der Waals surface area contributed by atoms with Gasteiger partial charge in [-0.3, -0.25) is 0 Å². The summed E-state index contributed by atoms with van der Waals surface area (Å²) in [6.45, 7) is 6.22. The van der Waals surface area contributed by atoms with Crippen LogP contribution in [0.2, 0.25) is 0 Å². The Kier molecular flexibility index (Phi) is 3.27. The van der Waals surface area contributed by atoms with Gasteiger partial charge in [0.05, 0.1) is 11.7 Å². The van der Waals surface area contributed by atoms with E-state index in [0.29, 0.717) is 17.3 Å². The molecule has 18 heavy (non-hydrogen) atoms. The molecule has 0 aliphatic rings. The number of nitrogens with two attached hydrogens (primary N) is 1. The van der Waals surface area contributed by atoms with Gasteiger partial charge in [0.15, 0.2) is 5.82 Å². The third-order valence-electron chi connectivity index (χ3n) is 3.10. The summed E-state index contributed by atoms with van der Waals surface area (Å²) < 4.78 is 14.9. The number of aromatic nitrogens is 4. The Morgan fingerprint density at radius 3 is 2.61 bits per heavy atom. The zero-order chi connectivity index (χ0) is 13.3. The highest BCUT2D eigenvalue weighted by atomic mass is 19.1. The molecule has 5 nitrogen and oxygen atoms in total. The molecule has 0 bridgehead atoms. The number of benzene rings is 1. The van der Waals surface area contributed by atoms with Gasteiger partial charge >= 0.3 is 0 Å². The standard InChI is InChI=1S/C12H16FN5/c1-7(2)8(3)18-12(15-16-17-18)9-4-5-10(13)11(14)6-9/h4-8H,14H2,1-3H3. The average molecular weight is 249 g/mol. The lowest BCUT2D eigenvalue weighted by Crippen LogP contribution is -2.14. The van der Waals surface area contributed by atoms with Gasteiger partial charge in [-0.05, 0) is 41.5 Å². The zero-order valence-corrected chi connectivity index (χ0v) is 10.6. The Hall–Kier alpha value is -1.98. The Bertz CT molecular complexity index is 549. The van der Waals surface area contributed by atoms with E-state index >= 15 is 0 Å². The van der Waals surface area contributed by atoms with Crippen molar-refractivity contribution < 1.29 is 4.39 Å². The second kappa shape index (κ2) is 4.72. The van der Waals surface area contributed by atoms with E-state index in [9.17, 15) is 4.39 Å². The number of rotatable bonds is 3. The van der Waals surface area contributed by atoms with Gasteiger partial charge in [0.25, 0.3) is 0 Å². The van der Waals surface area contributed by atoms with Crippen LogP contribution in [0.15, 0.2) is 18.2 Å². The molecule has 1 unspecified atom stereocenters. The van der Waals surface area contributed by atoms with E-state index in [4.69, 9.17) is 5.73 Å². The maximum atomic E-state index is 13.1. The van der Waals surface area contributed by atoms with Crippen LogP contribution < -0.4 is 5.73 Å². The van der Waals surface area contributed by atoms with Crippen LogP contribution in [0.5, 0.6) is 0 Å². The molecule has 0 saturated heterocycles. The van der Waals surface area contributed by atoms with E-state index < -0.39 is 5.82 Å². The maximum absolute atomic E-state index is 13.1. The Balaban J connectivity index is 2.45. The van der Waals surface area contributed by atoms with E-state index in [0.717, 1.165) is 0 Å². The summed E-state index contributed by atoms with van der Waals surface area (Å²) in [5.74, 6) is 0.558. The molecule has 0 aliphatic heterocycles. The summed E-state index contributed by atoms with van der Waals surface area (Å²) in [6, 6.07) is 4.65. The topological polar surface area (TPSA) is 69.6 Å². The van der Waals surface area contributed by atoms with Crippen molar-refractivity contribution in [2.45, 2.75) is 26.8 Å². The first-order valence-corrected chi connectivity index (χ1v) is 5.84. The molecule has 2 aromatic rings. The quantitative estimate of drug-likeness (QED) is 0.847. The molecule has 6 heteroatoms. The summed E-state index contributed by atoms with van der Waals surface area (Å²) in [7, 11) is 0. The highest BCUT2D eigenvalue weighted by molar-refractivity contribution is 5.61. The molecule has 2 N–H and O–H groups in total. The molecule has 1 aromatic heterocycles. The van der Waals surface area contributed by atoms with E-state index in [-0.39, 0.29) is 11.7 Å². The minimum Gasteiger partial charge on any atom is -0.396 e. The Morgan fingerprint density at radius 2 is 2.00 bits per heavy atom. The van der Waals surface area contributed by atoms with Gasteiger partial charge < -0.3 is 5.73 Å². The van der Waals surface area contributed by atoms with Crippen molar-refractivity contribution in [3.63, 3.8) is 0 Å². The lowest BCUT2D eigenvalue weighted by Gasteiger charge is -2.16. The number of nitrogen functional groups attached to an aromatic ring is 1. The van der Waals surface area contributed by atoms with Crippen LogP contribution in [0.4, 0.5) is 10.1 Å². The first-order chi connectivity index (χ1) is 8.50. The predicted octanol–water partition coefficient (Wildman–Crippen LogP) is 2.28. The van der Waals surface area contributed by atoms with Gasteiger partial charge in [-0.25, -0.2) is 9.07 Å². The van der Waals surface area contributed by atoms with Gasteiger partial charge in [0.1, 0.15) is 5.82 Å². The van der Waals surface area contributed by atoms with Crippen molar-refractivity contribution in [3.8, 4) is 11.4 Å². The van der Waals surface area contributed by atoms with Gasteiger partial charge in [0, 0.05) is 5.56 Å². The minimum atomic E-state index is -0.435. The maximum Gasteiger partial charge on any atom is 0.182 e. The smallest absolute Gasteiger partial charge is 0.182 e. The fourth-order valence-corrected chi connectivity index (χ4v) is 1.62. The fraction of sp³-hybridized carbons (Fsp3) is 0.417. The van der Waals surface area contributed by atoms with Crippen molar-refractivity contribution >= 4 is 5.69 Å². The lowest BCUT2D eigenvalue weighted by molar-refractivity contribution is 0.371. The van der Waals surface area contributed by atoms with Crippen molar-refractivity contribution in [2.75, 3.05) is 5.73 Å². The zero-order valence-electron chi connectivity index (χ0n) is 10.6. The molecule has 0 fully saturated rings. The molecule has 0 saturated carbocycles. The summed E-state index contributed by atoms with van der Waals surface area (Å²) in [6.07, 6.45) is 0. The summed E-state index contributed by atoms with van der Waals surface area (Å²) in [5, 5.41) is 11.7. The normalized spacial score (nSPS) is 12.9. The van der Waals surface area contributed by atoms with Crippen LogP contribution >= 0.6 is 0 Å². The van der Waals surface area contributed by atoms with E-state index in [1.54, 1.807) is 16.8 Å². The average Bonchev–Trinajstić information content (AvgIpc) is 2.80. The number of hydrogen-bond donors (Lipinski definition) is 1. The largest absolute Gasteiger partial charge is 0.396 e. The van der Waals surface area contributed by atoms with Crippen LogP contribution in [-0.4, -0.2) is 20.2 Å². The van der Waals surface area contributed by atoms with Crippen molar-refractivity contribution in [1.82, 2.24) is 20.2 Å². The van der Waals surface area contributed by atoms with E-state index in [1.807, 2.05) is 6.92 Å². The van der Waals surface area contributed by atoms with Gasteiger partial charge in [-0.2, -0.15) is 0 Å². The first kappa shape index (κ1) is 12.5. The lowest BCUT2D eigenvalue weighted by atomic mass is 10.1. The highest BCUT2D eigenvalue weighted by Gasteiger charge is 2.17. The molecule has 1 atom stereocenters. The molecule has 0 radical (unpaired) electrons. The van der Waals surface area contributed by atoms with Crippen molar-refractivity contribution in [2.24, 2.45) is 5.92 Å². The van der Waals surface area contributed by atoms with Gasteiger partial charge in [-0.15, -0.1) is 5.10 Å². The molecule has 0 amide bonds. The molecular weight excluding hydrogens is 233 g/mol. The molecule has 0 spiro atoms. The molecule has 1 aromatic carbocycles. The summed E-state index contributed by atoms with van der Waals surface area (Å²) in [5.41, 5.74) is 6.37. The summed E-state index contributed by atoms with van der Waals surface area (Å²) >= 11 is 0. The fourth-order valence-electron chi connectivity index (χ4n) is 1.62. The van der Waals surface area contributed by atoms with E-state index in [2.05, 4.69) is 29.4 Å². The molecule has 1 heterocycles. The van der Waals surface area contributed by atoms with Crippen molar-refractivity contribution in [1.29, 1.82) is 0 Å². The third-order valence-corrected chi connectivity index (χ3v) is 3.10. The number of nitrogens with zero attached hydrogens (tertiary/aromatic N) is 4. The van der Waals surface area contributed by atoms with Gasteiger partial charge in [-0.1, -0.05) is 13.8 Å². The Labute approximate surface area is 105 Å². The van der Waals surface area contributed by atoms with Crippen molar-refractivity contribution in [3.05, 3.63) is 24.0 Å². The molecule has 96 valence electrons. The number of hydrogen-bond acceptors (Lipinski definition) is 4. The highest BCUT2D eigenvalue weighted by Crippen LogP contribution is 2.25. The van der Waals surface area contributed by atoms with Crippen LogP contribution in [-0.2, 0) is 0 Å². The van der Waals surface area contributed by atoms with E-state index in [1.165, 1.54) is 6.07 Å². The SMILES string of the molecule is CC(C)C(C)n1nnnc1-c1ccc(F)c(N)c1. The molecule has 2 rings (SSSR count). The van der Waals surface area contributed by atoms with Crippen LogP contribution in [0.1, 0.15) is 26.8 Å². The predicted molar refractivity (Wildman–Crippen MR) is 67.2 cm³/mol. The second-order valence-electron chi connectivity index (χ2n) is 4.67. The second-order valence-corrected chi connectivity index (χ2v) is 4.67. The third kappa shape index (κ3) is 2.18. The first-order valence-electron chi connectivity index (χ1n) is 5.84.